The highest BCUT2D eigenvalue weighted by Crippen LogP contribution is 2.21. The summed E-state index contributed by atoms with van der Waals surface area (Å²) in [5.74, 6) is -0.383. The van der Waals surface area contributed by atoms with Crippen LogP contribution >= 0.6 is 0 Å². The fraction of sp³-hybridized carbons (Fsp3) is 0.300. The molecule has 1 aromatic heterocycles. The van der Waals surface area contributed by atoms with Crippen LogP contribution in [0.25, 0.3) is 11.1 Å². The molecule has 3 nitrogen and oxygen atoms in total. The molecule has 0 bridgehead atoms. The molecule has 0 amide bonds. The third kappa shape index (κ3) is 1.08. The SMILES string of the molecule is Cc1cc(C)c2oc(=O)[nH]c2c1C. The number of fused-ring (bicyclic) bond motifs is 1. The fourth-order valence-corrected chi connectivity index (χ4v) is 1.57. The summed E-state index contributed by atoms with van der Waals surface area (Å²) in [6.45, 7) is 5.93. The van der Waals surface area contributed by atoms with E-state index in [0.717, 1.165) is 16.6 Å². The van der Waals surface area contributed by atoms with Gasteiger partial charge in [0.15, 0.2) is 5.58 Å². The number of benzene rings is 1. The second-order valence-corrected chi connectivity index (χ2v) is 3.35. The summed E-state index contributed by atoms with van der Waals surface area (Å²) < 4.78 is 5.02. The van der Waals surface area contributed by atoms with Crippen molar-refractivity contribution < 1.29 is 4.42 Å². The van der Waals surface area contributed by atoms with Crippen molar-refractivity contribution in [3.05, 3.63) is 33.3 Å². The molecule has 2 rings (SSSR count). The molecule has 0 aliphatic carbocycles. The Balaban J connectivity index is 3.04. The Morgan fingerprint density at radius 3 is 2.62 bits per heavy atom. The number of aromatic amines is 1. The van der Waals surface area contributed by atoms with Crippen molar-refractivity contribution in [1.82, 2.24) is 4.98 Å². The molecule has 0 spiro atoms. The molecule has 1 aromatic carbocycles. The molecule has 1 N–H and O–H groups in total. The number of H-pyrrole nitrogens is 1. The van der Waals surface area contributed by atoms with E-state index >= 15 is 0 Å². The van der Waals surface area contributed by atoms with Crippen LogP contribution in [-0.4, -0.2) is 4.98 Å². The van der Waals surface area contributed by atoms with Crippen LogP contribution < -0.4 is 5.76 Å². The van der Waals surface area contributed by atoms with Crippen molar-refractivity contribution in [3.8, 4) is 0 Å². The number of nitrogens with one attached hydrogen (secondary N) is 1. The Labute approximate surface area is 75.4 Å². The van der Waals surface area contributed by atoms with Crippen LogP contribution in [0, 0.1) is 20.8 Å². The Morgan fingerprint density at radius 1 is 1.23 bits per heavy atom. The minimum atomic E-state index is -0.383. The zero-order valence-corrected chi connectivity index (χ0v) is 7.89. The number of aromatic nitrogens is 1. The third-order valence-corrected chi connectivity index (χ3v) is 2.41. The van der Waals surface area contributed by atoms with Crippen molar-refractivity contribution in [2.75, 3.05) is 0 Å². The van der Waals surface area contributed by atoms with Gasteiger partial charge in [-0.1, -0.05) is 6.07 Å². The van der Waals surface area contributed by atoms with Crippen molar-refractivity contribution in [2.24, 2.45) is 0 Å². The lowest BCUT2D eigenvalue weighted by Gasteiger charge is -2.01. The van der Waals surface area contributed by atoms with Gasteiger partial charge < -0.3 is 4.42 Å². The summed E-state index contributed by atoms with van der Waals surface area (Å²) in [5.41, 5.74) is 4.74. The Bertz CT molecular complexity index is 519. The topological polar surface area (TPSA) is 46.0 Å². The molecule has 0 aliphatic rings. The predicted molar refractivity (Wildman–Crippen MR) is 51.0 cm³/mol. The van der Waals surface area contributed by atoms with Gasteiger partial charge in [-0.05, 0) is 37.5 Å². The first kappa shape index (κ1) is 8.10. The van der Waals surface area contributed by atoms with Crippen molar-refractivity contribution in [3.63, 3.8) is 0 Å². The molecule has 2 aromatic rings. The molecule has 0 saturated carbocycles. The van der Waals surface area contributed by atoms with Gasteiger partial charge in [0, 0.05) is 0 Å². The lowest BCUT2D eigenvalue weighted by Crippen LogP contribution is -1.93. The maximum atomic E-state index is 11.0. The smallest absolute Gasteiger partial charge is 0.408 e. The molecule has 3 heteroatoms. The van der Waals surface area contributed by atoms with E-state index in [9.17, 15) is 4.79 Å². The Hall–Kier alpha value is -1.51. The molecule has 0 aliphatic heterocycles. The first-order valence-corrected chi connectivity index (χ1v) is 4.19. The van der Waals surface area contributed by atoms with Gasteiger partial charge in [-0.15, -0.1) is 0 Å². The van der Waals surface area contributed by atoms with Gasteiger partial charge in [0.1, 0.15) is 0 Å². The summed E-state index contributed by atoms with van der Waals surface area (Å²) in [5, 5.41) is 0. The summed E-state index contributed by atoms with van der Waals surface area (Å²) in [4.78, 5) is 13.7. The summed E-state index contributed by atoms with van der Waals surface area (Å²) in [6, 6.07) is 2.02. The van der Waals surface area contributed by atoms with Gasteiger partial charge in [-0.3, -0.25) is 4.98 Å². The summed E-state index contributed by atoms with van der Waals surface area (Å²) in [6.07, 6.45) is 0. The Morgan fingerprint density at radius 2 is 1.92 bits per heavy atom. The summed E-state index contributed by atoms with van der Waals surface area (Å²) >= 11 is 0. The fourth-order valence-electron chi connectivity index (χ4n) is 1.57. The molecule has 0 unspecified atom stereocenters. The molecular weight excluding hydrogens is 166 g/mol. The largest absolute Gasteiger partial charge is 0.417 e. The quantitative estimate of drug-likeness (QED) is 0.669. The first-order chi connectivity index (χ1) is 6.09. The van der Waals surface area contributed by atoms with E-state index in [2.05, 4.69) is 4.98 Å². The molecule has 0 radical (unpaired) electrons. The van der Waals surface area contributed by atoms with Crippen molar-refractivity contribution in [1.29, 1.82) is 0 Å². The number of hydrogen-bond acceptors (Lipinski definition) is 2. The second-order valence-electron chi connectivity index (χ2n) is 3.35. The lowest BCUT2D eigenvalue weighted by atomic mass is 10.1. The minimum Gasteiger partial charge on any atom is -0.408 e. The number of rotatable bonds is 0. The average molecular weight is 177 g/mol. The molecular formula is C10H11NO2. The highest BCUT2D eigenvalue weighted by atomic mass is 16.4. The van der Waals surface area contributed by atoms with E-state index < -0.39 is 0 Å². The number of oxazole rings is 1. The van der Waals surface area contributed by atoms with Gasteiger partial charge >= 0.3 is 5.76 Å². The van der Waals surface area contributed by atoms with Crippen LogP contribution in [0.15, 0.2) is 15.3 Å². The average Bonchev–Trinajstić information content (AvgIpc) is 2.44. The number of hydrogen-bond donors (Lipinski definition) is 1. The minimum absolute atomic E-state index is 0.383. The number of aryl methyl sites for hydroxylation is 3. The maximum Gasteiger partial charge on any atom is 0.417 e. The van der Waals surface area contributed by atoms with E-state index in [1.807, 2.05) is 26.8 Å². The zero-order valence-electron chi connectivity index (χ0n) is 7.89. The zero-order chi connectivity index (χ0) is 9.59. The first-order valence-electron chi connectivity index (χ1n) is 4.19. The van der Waals surface area contributed by atoms with E-state index in [-0.39, 0.29) is 5.76 Å². The normalized spacial score (nSPS) is 11.0. The molecule has 13 heavy (non-hydrogen) atoms. The van der Waals surface area contributed by atoms with Crippen LogP contribution in [-0.2, 0) is 0 Å². The van der Waals surface area contributed by atoms with Crippen LogP contribution in [0.2, 0.25) is 0 Å². The van der Waals surface area contributed by atoms with Crippen LogP contribution in [0.5, 0.6) is 0 Å². The van der Waals surface area contributed by atoms with E-state index in [1.165, 1.54) is 5.56 Å². The molecule has 0 saturated heterocycles. The second kappa shape index (κ2) is 2.49. The maximum absolute atomic E-state index is 11.0. The van der Waals surface area contributed by atoms with Gasteiger partial charge in [0.25, 0.3) is 0 Å². The van der Waals surface area contributed by atoms with Gasteiger partial charge in [0.2, 0.25) is 0 Å². The van der Waals surface area contributed by atoms with Gasteiger partial charge in [-0.2, -0.15) is 0 Å². The van der Waals surface area contributed by atoms with Crippen molar-refractivity contribution in [2.45, 2.75) is 20.8 Å². The molecule has 0 atom stereocenters. The molecule has 0 fully saturated rings. The predicted octanol–water partition coefficient (Wildman–Crippen LogP) is 2.05. The van der Waals surface area contributed by atoms with Crippen molar-refractivity contribution >= 4 is 11.1 Å². The Kier molecular flexibility index (Phi) is 1.55. The van der Waals surface area contributed by atoms with E-state index in [4.69, 9.17) is 4.42 Å². The van der Waals surface area contributed by atoms with Gasteiger partial charge in [0.05, 0.1) is 5.52 Å². The van der Waals surface area contributed by atoms with E-state index in [0.29, 0.717) is 5.58 Å². The molecule has 1 heterocycles. The monoisotopic (exact) mass is 177 g/mol. The van der Waals surface area contributed by atoms with Crippen LogP contribution in [0.3, 0.4) is 0 Å². The standard InChI is InChI=1S/C10H11NO2/c1-5-4-6(2)9-8(7(5)3)11-10(12)13-9/h4H,1-3H3,(H,11,12). The molecule has 68 valence electrons. The van der Waals surface area contributed by atoms with Crippen LogP contribution in [0.1, 0.15) is 16.7 Å². The summed E-state index contributed by atoms with van der Waals surface area (Å²) in [7, 11) is 0. The van der Waals surface area contributed by atoms with E-state index in [1.54, 1.807) is 0 Å². The third-order valence-electron chi connectivity index (χ3n) is 2.41. The van der Waals surface area contributed by atoms with Crippen LogP contribution in [0.4, 0.5) is 0 Å². The highest BCUT2D eigenvalue weighted by molar-refractivity contribution is 5.80. The van der Waals surface area contributed by atoms with Gasteiger partial charge in [-0.25, -0.2) is 4.79 Å². The lowest BCUT2D eigenvalue weighted by molar-refractivity contribution is 0.553. The highest BCUT2D eigenvalue weighted by Gasteiger charge is 2.08.